The van der Waals surface area contributed by atoms with E-state index in [1.54, 1.807) is 46.1 Å². The number of aromatic nitrogens is 4. The van der Waals surface area contributed by atoms with Crippen molar-refractivity contribution in [2.24, 2.45) is 0 Å². The van der Waals surface area contributed by atoms with Crippen LogP contribution in [0.15, 0.2) is 60.8 Å². The van der Waals surface area contributed by atoms with Gasteiger partial charge in [0.1, 0.15) is 16.9 Å². The van der Waals surface area contributed by atoms with Crippen LogP contribution in [-0.2, 0) is 4.74 Å². The number of carbonyl (C=O) groups is 1. The minimum atomic E-state index is -0.617. The Morgan fingerprint density at radius 2 is 1.80 bits per heavy atom. The molecule has 0 saturated heterocycles. The molecule has 4 aromatic rings. The smallest absolute Gasteiger partial charge is 0.410 e. The fourth-order valence-electron chi connectivity index (χ4n) is 3.49. The number of amides is 1. The number of nitrogens with zero attached hydrogens (tertiary/aromatic N) is 6. The molecule has 0 unspecified atom stereocenters. The van der Waals surface area contributed by atoms with Gasteiger partial charge in [0.25, 0.3) is 0 Å². The van der Waals surface area contributed by atoms with Crippen molar-refractivity contribution in [1.29, 1.82) is 0 Å². The fraction of sp³-hybridized carbons (Fsp3) is 0.280. The first kappa shape index (κ1) is 24.0. The Bertz CT molecular complexity index is 1330. The number of rotatable bonds is 6. The van der Waals surface area contributed by atoms with Crippen LogP contribution in [0.1, 0.15) is 20.8 Å². The molecule has 3 aromatic heterocycles. The van der Waals surface area contributed by atoms with Crippen LogP contribution in [0.25, 0.3) is 33.8 Å². The van der Waals surface area contributed by atoms with E-state index in [9.17, 15) is 10.0 Å². The molecule has 0 bridgehead atoms. The summed E-state index contributed by atoms with van der Waals surface area (Å²) >= 11 is 0. The SMILES string of the molecule is CN(CCN(O)n1c(-c2cccnc2N)nc2ccc(-c3ccccc3)nc21)C(=O)OC(C)(C)C. The Morgan fingerprint density at radius 1 is 1.06 bits per heavy atom. The van der Waals surface area contributed by atoms with Gasteiger partial charge in [-0.15, -0.1) is 0 Å². The number of pyridine rings is 2. The van der Waals surface area contributed by atoms with Crippen LogP contribution in [0, 0.1) is 0 Å². The summed E-state index contributed by atoms with van der Waals surface area (Å²) in [4.78, 5) is 27.4. The van der Waals surface area contributed by atoms with Gasteiger partial charge in [0, 0.05) is 25.4 Å². The molecule has 182 valence electrons. The number of carbonyl (C=O) groups excluding carboxylic acids is 1. The van der Waals surface area contributed by atoms with Crippen LogP contribution in [0.3, 0.4) is 0 Å². The van der Waals surface area contributed by atoms with Crippen LogP contribution >= 0.6 is 0 Å². The lowest BCUT2D eigenvalue weighted by Crippen LogP contribution is -2.42. The average molecular weight is 476 g/mol. The number of hydrogen-bond donors (Lipinski definition) is 2. The van der Waals surface area contributed by atoms with Crippen molar-refractivity contribution in [1.82, 2.24) is 24.5 Å². The molecule has 0 aliphatic rings. The molecule has 0 spiro atoms. The molecule has 35 heavy (non-hydrogen) atoms. The van der Waals surface area contributed by atoms with Crippen LogP contribution in [-0.4, -0.2) is 61.6 Å². The molecule has 0 aliphatic carbocycles. The number of anilines is 1. The monoisotopic (exact) mass is 475 g/mol. The molecule has 0 aliphatic heterocycles. The van der Waals surface area contributed by atoms with Gasteiger partial charge < -0.3 is 15.4 Å². The van der Waals surface area contributed by atoms with Gasteiger partial charge in [-0.2, -0.15) is 9.85 Å². The maximum absolute atomic E-state index is 12.4. The topological polar surface area (TPSA) is 123 Å². The van der Waals surface area contributed by atoms with Gasteiger partial charge in [-0.05, 0) is 45.0 Å². The minimum absolute atomic E-state index is 0.0611. The van der Waals surface area contributed by atoms with Crippen molar-refractivity contribution in [3.8, 4) is 22.6 Å². The molecule has 10 nitrogen and oxygen atoms in total. The lowest BCUT2D eigenvalue weighted by Gasteiger charge is -2.27. The number of nitrogen functional groups attached to an aromatic ring is 1. The largest absolute Gasteiger partial charge is 0.444 e. The summed E-state index contributed by atoms with van der Waals surface area (Å²) in [6.45, 7) is 5.65. The van der Waals surface area contributed by atoms with Gasteiger partial charge >= 0.3 is 6.09 Å². The predicted molar refractivity (Wildman–Crippen MR) is 134 cm³/mol. The molecule has 10 heteroatoms. The van der Waals surface area contributed by atoms with E-state index in [-0.39, 0.29) is 18.9 Å². The van der Waals surface area contributed by atoms with Crippen molar-refractivity contribution in [3.63, 3.8) is 0 Å². The van der Waals surface area contributed by atoms with Gasteiger partial charge in [-0.25, -0.2) is 19.7 Å². The Morgan fingerprint density at radius 3 is 2.49 bits per heavy atom. The van der Waals surface area contributed by atoms with Gasteiger partial charge in [0.2, 0.25) is 0 Å². The molecule has 3 N–H and O–H groups in total. The lowest BCUT2D eigenvalue weighted by atomic mass is 10.1. The van der Waals surface area contributed by atoms with E-state index < -0.39 is 11.7 Å². The maximum atomic E-state index is 12.4. The highest BCUT2D eigenvalue weighted by atomic mass is 16.6. The average Bonchev–Trinajstić information content (AvgIpc) is 3.20. The molecule has 0 saturated carbocycles. The molecule has 0 fully saturated rings. The minimum Gasteiger partial charge on any atom is -0.444 e. The second kappa shape index (κ2) is 9.59. The number of likely N-dealkylation sites (N-methyl/N-ethyl adjacent to an activating group) is 1. The van der Waals surface area contributed by atoms with E-state index in [2.05, 4.69) is 9.97 Å². The Kier molecular flexibility index (Phi) is 6.57. The summed E-state index contributed by atoms with van der Waals surface area (Å²) in [5.41, 5.74) is 8.72. The van der Waals surface area contributed by atoms with Crippen molar-refractivity contribution in [2.75, 3.05) is 31.0 Å². The molecular formula is C25H29N7O3. The lowest BCUT2D eigenvalue weighted by molar-refractivity contribution is 0.0288. The number of fused-ring (bicyclic) bond motifs is 1. The zero-order chi connectivity index (χ0) is 25.2. The number of nitrogens with two attached hydrogens (primary N) is 1. The first-order valence-corrected chi connectivity index (χ1v) is 11.2. The number of imidazole rings is 1. The molecule has 0 radical (unpaired) electrons. The van der Waals surface area contributed by atoms with Gasteiger partial charge in [0.05, 0.1) is 17.8 Å². The first-order chi connectivity index (χ1) is 16.6. The van der Waals surface area contributed by atoms with Crippen LogP contribution < -0.4 is 10.9 Å². The van der Waals surface area contributed by atoms with Gasteiger partial charge in [-0.3, -0.25) is 5.21 Å². The zero-order valence-corrected chi connectivity index (χ0v) is 20.2. The Labute approximate surface area is 203 Å². The number of benzene rings is 1. The third-order valence-corrected chi connectivity index (χ3v) is 5.20. The molecule has 4 rings (SSSR count). The van der Waals surface area contributed by atoms with Crippen molar-refractivity contribution >= 4 is 23.1 Å². The summed E-state index contributed by atoms with van der Waals surface area (Å²) in [6.07, 6.45) is 1.10. The summed E-state index contributed by atoms with van der Waals surface area (Å²) in [6, 6.07) is 17.0. The van der Waals surface area contributed by atoms with Crippen molar-refractivity contribution in [3.05, 3.63) is 60.8 Å². The summed E-state index contributed by atoms with van der Waals surface area (Å²) in [7, 11) is 1.61. The second-order valence-electron chi connectivity index (χ2n) is 9.09. The van der Waals surface area contributed by atoms with E-state index in [1.165, 1.54) is 9.58 Å². The standard InChI is InChI=1S/C25H29N7O3/c1-25(2,3)35-24(33)30(4)15-16-31(34)32-22(18-11-8-14-27-21(18)26)29-20-13-12-19(28-23(20)32)17-9-6-5-7-10-17/h5-14,34H,15-16H2,1-4H3,(H2,26,27). The fourth-order valence-corrected chi connectivity index (χ4v) is 3.49. The highest BCUT2D eigenvalue weighted by Gasteiger charge is 2.23. The number of hydroxylamine groups is 1. The molecular weight excluding hydrogens is 446 g/mol. The highest BCUT2D eigenvalue weighted by Crippen LogP contribution is 2.29. The van der Waals surface area contributed by atoms with E-state index in [0.717, 1.165) is 16.4 Å². The summed E-state index contributed by atoms with van der Waals surface area (Å²) in [5, 5.41) is 12.1. The van der Waals surface area contributed by atoms with Gasteiger partial charge in [0.15, 0.2) is 11.5 Å². The second-order valence-corrected chi connectivity index (χ2v) is 9.09. The summed E-state index contributed by atoms with van der Waals surface area (Å²) in [5.74, 6) is 0.650. The number of hydrogen-bond acceptors (Lipinski definition) is 8. The molecule has 3 heterocycles. The van der Waals surface area contributed by atoms with E-state index >= 15 is 0 Å². The Hall–Kier alpha value is -4.18. The molecule has 1 aromatic carbocycles. The number of ether oxygens (including phenoxy) is 1. The van der Waals surface area contributed by atoms with Crippen molar-refractivity contribution < 1.29 is 14.7 Å². The van der Waals surface area contributed by atoms with Crippen LogP contribution in [0.4, 0.5) is 10.6 Å². The van der Waals surface area contributed by atoms with E-state index in [4.69, 9.17) is 15.5 Å². The normalized spacial score (nSPS) is 11.5. The molecule has 1 amide bonds. The highest BCUT2D eigenvalue weighted by molar-refractivity contribution is 5.82. The Balaban J connectivity index is 1.72. The predicted octanol–water partition coefficient (Wildman–Crippen LogP) is 3.94. The van der Waals surface area contributed by atoms with Gasteiger partial charge in [-0.1, -0.05) is 30.3 Å². The third kappa shape index (κ3) is 5.33. The zero-order valence-electron chi connectivity index (χ0n) is 20.2. The summed E-state index contributed by atoms with van der Waals surface area (Å²) < 4.78 is 6.88. The molecule has 0 atom stereocenters. The van der Waals surface area contributed by atoms with Crippen LogP contribution in [0.5, 0.6) is 0 Å². The van der Waals surface area contributed by atoms with Crippen molar-refractivity contribution in [2.45, 2.75) is 26.4 Å². The van der Waals surface area contributed by atoms with E-state index in [1.807, 2.05) is 42.5 Å². The third-order valence-electron chi connectivity index (χ3n) is 5.20. The quantitative estimate of drug-likeness (QED) is 0.402. The van der Waals surface area contributed by atoms with Crippen LogP contribution in [0.2, 0.25) is 0 Å². The van der Waals surface area contributed by atoms with E-state index in [0.29, 0.717) is 22.6 Å². The maximum Gasteiger partial charge on any atom is 0.410 e. The first-order valence-electron chi connectivity index (χ1n) is 11.2.